The number of hydrogen-bond acceptors (Lipinski definition) is 5. The second-order valence-electron chi connectivity index (χ2n) is 5.97. The van der Waals surface area contributed by atoms with Gasteiger partial charge in [-0.05, 0) is 29.8 Å². The molecule has 3 aromatic carbocycles. The van der Waals surface area contributed by atoms with Gasteiger partial charge < -0.3 is 0 Å². The normalized spacial score (nSPS) is 11.3. The van der Waals surface area contributed by atoms with Crippen LogP contribution >= 0.6 is 11.8 Å². The van der Waals surface area contributed by atoms with Crippen LogP contribution in [0.25, 0.3) is 0 Å². The van der Waals surface area contributed by atoms with E-state index in [0.717, 1.165) is 10.5 Å². The van der Waals surface area contributed by atoms with Gasteiger partial charge in [-0.2, -0.15) is 0 Å². The van der Waals surface area contributed by atoms with Crippen molar-refractivity contribution >= 4 is 29.3 Å². The Morgan fingerprint density at radius 3 is 2.00 bits per heavy atom. The van der Waals surface area contributed by atoms with Crippen molar-refractivity contribution in [2.45, 2.75) is 10.1 Å². The maximum Gasteiger partial charge on any atom is 0.269 e. The number of nitro groups is 1. The van der Waals surface area contributed by atoms with Crippen LogP contribution in [-0.4, -0.2) is 16.7 Å². The summed E-state index contributed by atoms with van der Waals surface area (Å²) in [5.41, 5.74) is 5.68. The van der Waals surface area contributed by atoms with Crippen molar-refractivity contribution in [2.75, 3.05) is 0 Å². The molecule has 1 atom stereocenters. The molecule has 0 unspecified atom stereocenters. The number of hydrogen-bond donors (Lipinski definition) is 2. The minimum atomic E-state index is -0.573. The van der Waals surface area contributed by atoms with Crippen LogP contribution in [0.3, 0.4) is 0 Å². The lowest BCUT2D eigenvalue weighted by Gasteiger charge is -2.17. The molecule has 0 saturated carbocycles. The molecule has 7 nitrogen and oxygen atoms in total. The Balaban J connectivity index is 1.69. The zero-order chi connectivity index (χ0) is 20.6. The Bertz CT molecular complexity index is 995. The molecule has 0 bridgehead atoms. The van der Waals surface area contributed by atoms with Crippen molar-refractivity contribution in [3.63, 3.8) is 0 Å². The highest BCUT2D eigenvalue weighted by atomic mass is 32.2. The largest absolute Gasteiger partial charge is 0.272 e. The second-order valence-corrected chi connectivity index (χ2v) is 7.15. The summed E-state index contributed by atoms with van der Waals surface area (Å²) in [5.74, 6) is -0.954. The molecule has 0 aromatic heterocycles. The smallest absolute Gasteiger partial charge is 0.269 e. The molecule has 2 N–H and O–H groups in total. The predicted octanol–water partition coefficient (Wildman–Crippen LogP) is 3.89. The number of nitrogens with zero attached hydrogens (tertiary/aromatic N) is 1. The van der Waals surface area contributed by atoms with Gasteiger partial charge in [0, 0.05) is 22.6 Å². The van der Waals surface area contributed by atoms with Crippen LogP contribution < -0.4 is 10.9 Å². The molecule has 29 heavy (non-hydrogen) atoms. The zero-order valence-corrected chi connectivity index (χ0v) is 16.0. The number of non-ortho nitro benzene ring substituents is 1. The molecule has 0 aliphatic heterocycles. The van der Waals surface area contributed by atoms with E-state index in [4.69, 9.17) is 0 Å². The lowest BCUT2D eigenvalue weighted by atomic mass is 10.1. The van der Waals surface area contributed by atoms with E-state index in [1.807, 2.05) is 60.7 Å². The standard InChI is InChI=1S/C21H17N3O4S/c25-20(16-11-13-17(14-12-16)24(27)28)22-23-21(26)19(15-7-3-1-4-8-15)29-18-9-5-2-6-10-18/h1-14,19H,(H,22,25)(H,23,26)/t19-/m0/s1. The van der Waals surface area contributed by atoms with Gasteiger partial charge in [-0.3, -0.25) is 30.6 Å². The van der Waals surface area contributed by atoms with Gasteiger partial charge in [0.15, 0.2) is 0 Å². The van der Waals surface area contributed by atoms with Crippen molar-refractivity contribution in [3.8, 4) is 0 Å². The first-order valence-corrected chi connectivity index (χ1v) is 9.54. The number of carbonyl (C=O) groups excluding carboxylic acids is 2. The molecular weight excluding hydrogens is 390 g/mol. The molecule has 0 aliphatic carbocycles. The minimum absolute atomic E-state index is 0.117. The summed E-state index contributed by atoms with van der Waals surface area (Å²) >= 11 is 1.36. The van der Waals surface area contributed by atoms with E-state index in [0.29, 0.717) is 0 Å². The van der Waals surface area contributed by atoms with Gasteiger partial charge in [-0.1, -0.05) is 48.5 Å². The molecule has 3 rings (SSSR count). The summed E-state index contributed by atoms with van der Waals surface area (Å²) in [6, 6.07) is 23.8. The van der Waals surface area contributed by atoms with Gasteiger partial charge in [0.2, 0.25) is 0 Å². The van der Waals surface area contributed by atoms with E-state index in [1.165, 1.54) is 36.0 Å². The number of carbonyl (C=O) groups is 2. The zero-order valence-electron chi connectivity index (χ0n) is 15.1. The topological polar surface area (TPSA) is 101 Å². The molecule has 0 radical (unpaired) electrons. The predicted molar refractivity (Wildman–Crippen MR) is 110 cm³/mol. The molecule has 8 heteroatoms. The first kappa shape index (κ1) is 20.1. The van der Waals surface area contributed by atoms with Crippen LogP contribution in [0.5, 0.6) is 0 Å². The number of benzene rings is 3. The summed E-state index contributed by atoms with van der Waals surface area (Å²) in [5, 5.41) is 10.1. The SMILES string of the molecule is O=C(NNC(=O)[C@@H](Sc1ccccc1)c1ccccc1)c1ccc([N+](=O)[O-])cc1. The fraction of sp³-hybridized carbons (Fsp3) is 0.0476. The lowest BCUT2D eigenvalue weighted by Crippen LogP contribution is -2.43. The molecular formula is C21H17N3O4S. The lowest BCUT2D eigenvalue weighted by molar-refractivity contribution is -0.384. The van der Waals surface area contributed by atoms with E-state index in [1.54, 1.807) is 0 Å². The molecule has 0 spiro atoms. The first-order chi connectivity index (χ1) is 14.0. The molecule has 0 heterocycles. The summed E-state index contributed by atoms with van der Waals surface area (Å²) < 4.78 is 0. The highest BCUT2D eigenvalue weighted by Gasteiger charge is 2.22. The van der Waals surface area contributed by atoms with E-state index < -0.39 is 16.1 Å². The second kappa shape index (κ2) is 9.52. The van der Waals surface area contributed by atoms with Gasteiger partial charge in [-0.15, -0.1) is 11.8 Å². The van der Waals surface area contributed by atoms with Crippen molar-refractivity contribution in [1.82, 2.24) is 10.9 Å². The Labute approximate surface area is 171 Å². The molecule has 0 saturated heterocycles. The van der Waals surface area contributed by atoms with Gasteiger partial charge >= 0.3 is 0 Å². The van der Waals surface area contributed by atoms with Gasteiger partial charge in [-0.25, -0.2) is 0 Å². The summed E-state index contributed by atoms with van der Waals surface area (Å²) in [7, 11) is 0. The highest BCUT2D eigenvalue weighted by Crippen LogP contribution is 2.35. The van der Waals surface area contributed by atoms with E-state index in [9.17, 15) is 19.7 Å². The number of nitro benzene ring substituents is 1. The van der Waals surface area contributed by atoms with Crippen LogP contribution in [0.2, 0.25) is 0 Å². The minimum Gasteiger partial charge on any atom is -0.272 e. The molecule has 0 fully saturated rings. The maximum atomic E-state index is 12.8. The number of rotatable bonds is 6. The van der Waals surface area contributed by atoms with Crippen LogP contribution in [0.1, 0.15) is 21.2 Å². The van der Waals surface area contributed by atoms with Gasteiger partial charge in [0.25, 0.3) is 17.5 Å². The summed E-state index contributed by atoms with van der Waals surface area (Å²) in [6.07, 6.45) is 0. The average Bonchev–Trinajstić information content (AvgIpc) is 2.77. The number of thioether (sulfide) groups is 1. The van der Waals surface area contributed by atoms with Crippen LogP contribution in [0.15, 0.2) is 89.8 Å². The van der Waals surface area contributed by atoms with Crippen molar-refractivity contribution < 1.29 is 14.5 Å². The Morgan fingerprint density at radius 1 is 0.828 bits per heavy atom. The Kier molecular flexibility index (Phi) is 6.59. The van der Waals surface area contributed by atoms with E-state index in [2.05, 4.69) is 10.9 Å². The quantitative estimate of drug-likeness (QED) is 0.367. The third-order valence-corrected chi connectivity index (χ3v) is 5.24. The monoisotopic (exact) mass is 407 g/mol. The Morgan fingerprint density at radius 2 is 1.41 bits per heavy atom. The molecule has 3 aromatic rings. The molecule has 0 aliphatic rings. The fourth-order valence-electron chi connectivity index (χ4n) is 2.53. The molecule has 146 valence electrons. The fourth-order valence-corrected chi connectivity index (χ4v) is 3.57. The Hall–Kier alpha value is -3.65. The summed E-state index contributed by atoms with van der Waals surface area (Å²) in [6.45, 7) is 0. The van der Waals surface area contributed by atoms with E-state index >= 15 is 0 Å². The number of amides is 2. The highest BCUT2D eigenvalue weighted by molar-refractivity contribution is 8.00. The van der Waals surface area contributed by atoms with Crippen molar-refractivity contribution in [3.05, 3.63) is 106 Å². The third kappa shape index (κ3) is 5.43. The van der Waals surface area contributed by atoms with Crippen LogP contribution in [0.4, 0.5) is 5.69 Å². The summed E-state index contributed by atoms with van der Waals surface area (Å²) in [4.78, 5) is 36.1. The number of nitrogens with one attached hydrogen (secondary N) is 2. The van der Waals surface area contributed by atoms with Crippen molar-refractivity contribution in [1.29, 1.82) is 0 Å². The van der Waals surface area contributed by atoms with Gasteiger partial charge in [0.1, 0.15) is 5.25 Å². The molecule has 2 amide bonds. The van der Waals surface area contributed by atoms with Gasteiger partial charge in [0.05, 0.1) is 4.92 Å². The van der Waals surface area contributed by atoms with Crippen molar-refractivity contribution in [2.24, 2.45) is 0 Å². The van der Waals surface area contributed by atoms with E-state index in [-0.39, 0.29) is 17.2 Å². The van der Waals surface area contributed by atoms with Crippen LogP contribution in [0, 0.1) is 10.1 Å². The number of hydrazine groups is 1. The average molecular weight is 407 g/mol. The first-order valence-electron chi connectivity index (χ1n) is 8.66. The van der Waals surface area contributed by atoms with Crippen LogP contribution in [-0.2, 0) is 4.79 Å². The maximum absolute atomic E-state index is 12.8. The third-order valence-electron chi connectivity index (χ3n) is 3.98.